The molecule has 0 radical (unpaired) electrons. The van der Waals surface area contributed by atoms with Gasteiger partial charge in [-0.1, -0.05) is 96.6 Å². The highest BCUT2D eigenvalue weighted by Gasteiger charge is 2.15. The Morgan fingerprint density at radius 3 is 1.89 bits per heavy atom. The maximum Gasteiger partial charge on any atom is 0.118 e. The second-order valence-electron chi connectivity index (χ2n) is 8.44. The Morgan fingerprint density at radius 2 is 1.33 bits per heavy atom. The molecule has 0 aliphatic heterocycles. The van der Waals surface area contributed by atoms with Gasteiger partial charge in [-0.15, -0.1) is 0 Å². The number of unbranched alkanes of at least 4 members (excludes halogenated alkanes) is 10. The van der Waals surface area contributed by atoms with Gasteiger partial charge in [-0.05, 0) is 50.6 Å². The van der Waals surface area contributed by atoms with Crippen LogP contribution in [-0.2, 0) is 6.42 Å². The van der Waals surface area contributed by atoms with E-state index >= 15 is 0 Å². The highest BCUT2D eigenvalue weighted by molar-refractivity contribution is 5.37. The summed E-state index contributed by atoms with van der Waals surface area (Å²) >= 11 is 0. The van der Waals surface area contributed by atoms with Gasteiger partial charge in [0.05, 0.1) is 0 Å². The van der Waals surface area contributed by atoms with Gasteiger partial charge in [0.15, 0.2) is 0 Å². The number of benzene rings is 1. The van der Waals surface area contributed by atoms with E-state index in [9.17, 15) is 5.11 Å². The molecule has 0 saturated carbocycles. The minimum Gasteiger partial charge on any atom is -0.508 e. The lowest BCUT2D eigenvalue weighted by molar-refractivity contribution is 0.276. The average molecular weight is 376 g/mol. The van der Waals surface area contributed by atoms with Crippen molar-refractivity contribution in [3.05, 3.63) is 29.3 Å². The maximum absolute atomic E-state index is 10.1. The molecule has 1 rings (SSSR count). The summed E-state index contributed by atoms with van der Waals surface area (Å²) in [6.45, 7) is 4.49. The van der Waals surface area contributed by atoms with Gasteiger partial charge in [0, 0.05) is 6.04 Å². The Morgan fingerprint density at radius 1 is 0.778 bits per heavy atom. The molecule has 27 heavy (non-hydrogen) atoms. The first kappa shape index (κ1) is 24.0. The van der Waals surface area contributed by atoms with Crippen LogP contribution in [0, 0.1) is 0 Å². The van der Waals surface area contributed by atoms with Crippen molar-refractivity contribution in [3.8, 4) is 5.75 Å². The third-order valence-electron chi connectivity index (χ3n) is 5.74. The number of aryl methyl sites for hydroxylation is 1. The lowest BCUT2D eigenvalue weighted by Crippen LogP contribution is -2.20. The Bertz CT molecular complexity index is 483. The number of phenols is 1. The normalized spacial score (nSPS) is 12.6. The first-order valence-corrected chi connectivity index (χ1v) is 11.6. The molecule has 2 nitrogen and oxygen atoms in total. The SMILES string of the molecule is CCCCCCCCCCCCC(c1ccc(O)c(CCCC)c1)N(C)C. The van der Waals surface area contributed by atoms with Crippen LogP contribution in [0.4, 0.5) is 0 Å². The van der Waals surface area contributed by atoms with Crippen LogP contribution < -0.4 is 0 Å². The minimum absolute atomic E-state index is 0.458. The van der Waals surface area contributed by atoms with Gasteiger partial charge in [-0.2, -0.15) is 0 Å². The fraction of sp³-hybridized carbons (Fsp3) is 0.760. The number of hydrogen-bond acceptors (Lipinski definition) is 2. The van der Waals surface area contributed by atoms with Gasteiger partial charge >= 0.3 is 0 Å². The molecule has 1 unspecified atom stereocenters. The molecule has 0 aliphatic carbocycles. The molecule has 0 spiro atoms. The molecular formula is C25H45NO. The van der Waals surface area contributed by atoms with Crippen LogP contribution in [0.1, 0.15) is 114 Å². The zero-order valence-electron chi connectivity index (χ0n) is 18.6. The third-order valence-corrected chi connectivity index (χ3v) is 5.74. The molecule has 0 heterocycles. The molecule has 0 fully saturated rings. The number of hydrogen-bond donors (Lipinski definition) is 1. The molecule has 0 bridgehead atoms. The van der Waals surface area contributed by atoms with Crippen molar-refractivity contribution >= 4 is 0 Å². The van der Waals surface area contributed by atoms with Crippen molar-refractivity contribution < 1.29 is 5.11 Å². The summed E-state index contributed by atoms with van der Waals surface area (Å²) in [7, 11) is 4.36. The fourth-order valence-corrected chi connectivity index (χ4v) is 3.93. The average Bonchev–Trinajstić information content (AvgIpc) is 2.65. The zero-order valence-corrected chi connectivity index (χ0v) is 18.6. The van der Waals surface area contributed by atoms with Crippen LogP contribution in [0.25, 0.3) is 0 Å². The van der Waals surface area contributed by atoms with Crippen molar-refractivity contribution in [2.45, 2.75) is 110 Å². The zero-order chi connectivity index (χ0) is 19.9. The van der Waals surface area contributed by atoms with E-state index in [2.05, 4.69) is 45.0 Å². The largest absolute Gasteiger partial charge is 0.508 e. The van der Waals surface area contributed by atoms with Gasteiger partial charge in [0.1, 0.15) is 5.75 Å². The van der Waals surface area contributed by atoms with Crippen molar-refractivity contribution in [2.24, 2.45) is 0 Å². The number of aromatic hydroxyl groups is 1. The van der Waals surface area contributed by atoms with Crippen LogP contribution in [-0.4, -0.2) is 24.1 Å². The summed E-state index contributed by atoms with van der Waals surface area (Å²) in [5.74, 6) is 0.462. The summed E-state index contributed by atoms with van der Waals surface area (Å²) in [4.78, 5) is 2.34. The van der Waals surface area contributed by atoms with Crippen LogP contribution in [0.15, 0.2) is 18.2 Å². The van der Waals surface area contributed by atoms with Crippen LogP contribution in [0.5, 0.6) is 5.75 Å². The second kappa shape index (κ2) is 15.0. The van der Waals surface area contributed by atoms with Crippen molar-refractivity contribution in [1.82, 2.24) is 4.90 Å². The van der Waals surface area contributed by atoms with E-state index in [-0.39, 0.29) is 0 Å². The second-order valence-corrected chi connectivity index (χ2v) is 8.44. The van der Waals surface area contributed by atoms with Crippen molar-refractivity contribution in [2.75, 3.05) is 14.1 Å². The number of nitrogens with zero attached hydrogens (tertiary/aromatic N) is 1. The Labute approximate surface area is 169 Å². The summed E-state index contributed by atoms with van der Waals surface area (Å²) in [5, 5.41) is 10.1. The van der Waals surface area contributed by atoms with Crippen LogP contribution in [0.2, 0.25) is 0 Å². The highest BCUT2D eigenvalue weighted by atomic mass is 16.3. The molecular weight excluding hydrogens is 330 g/mol. The highest BCUT2D eigenvalue weighted by Crippen LogP contribution is 2.29. The monoisotopic (exact) mass is 375 g/mol. The molecule has 1 aromatic carbocycles. The van der Waals surface area contributed by atoms with Crippen LogP contribution >= 0.6 is 0 Å². The Hall–Kier alpha value is -1.02. The van der Waals surface area contributed by atoms with E-state index in [1.165, 1.54) is 82.6 Å². The van der Waals surface area contributed by atoms with Crippen molar-refractivity contribution in [1.29, 1.82) is 0 Å². The molecule has 1 N–H and O–H groups in total. The lowest BCUT2D eigenvalue weighted by Gasteiger charge is -2.25. The lowest BCUT2D eigenvalue weighted by atomic mass is 9.95. The van der Waals surface area contributed by atoms with E-state index in [0.29, 0.717) is 11.8 Å². The topological polar surface area (TPSA) is 23.5 Å². The molecule has 0 aliphatic rings. The van der Waals surface area contributed by atoms with E-state index in [1.807, 2.05) is 6.07 Å². The third kappa shape index (κ3) is 10.2. The number of rotatable bonds is 16. The smallest absolute Gasteiger partial charge is 0.118 e. The van der Waals surface area contributed by atoms with Gasteiger partial charge < -0.3 is 10.0 Å². The minimum atomic E-state index is 0.458. The summed E-state index contributed by atoms with van der Waals surface area (Å²) in [6, 6.07) is 6.72. The predicted molar refractivity (Wildman–Crippen MR) is 120 cm³/mol. The van der Waals surface area contributed by atoms with E-state index in [0.717, 1.165) is 18.4 Å². The molecule has 156 valence electrons. The van der Waals surface area contributed by atoms with Gasteiger partial charge in [-0.25, -0.2) is 0 Å². The maximum atomic E-state index is 10.1. The van der Waals surface area contributed by atoms with Gasteiger partial charge in [-0.3, -0.25) is 0 Å². The fourth-order valence-electron chi connectivity index (χ4n) is 3.93. The summed E-state index contributed by atoms with van der Waals surface area (Å²) in [6.07, 6.45) is 18.4. The molecule has 0 aromatic heterocycles. The van der Waals surface area contributed by atoms with E-state index in [1.54, 1.807) is 0 Å². The Balaban J connectivity index is 2.36. The summed E-state index contributed by atoms with van der Waals surface area (Å²) in [5.41, 5.74) is 2.48. The molecule has 2 heteroatoms. The first-order valence-electron chi connectivity index (χ1n) is 11.6. The van der Waals surface area contributed by atoms with Gasteiger partial charge in [0.25, 0.3) is 0 Å². The number of phenolic OH excluding ortho intramolecular Hbond substituents is 1. The molecule has 1 atom stereocenters. The quantitative estimate of drug-likeness (QED) is 0.300. The standard InChI is InChI=1S/C25H45NO/c1-5-7-9-10-11-12-13-14-15-16-18-24(26(3)4)22-19-20-25(27)23(21-22)17-8-6-2/h19-21,24,27H,5-18H2,1-4H3. The first-order chi connectivity index (χ1) is 13.1. The molecule has 0 saturated heterocycles. The molecule has 1 aromatic rings. The Kier molecular flexibility index (Phi) is 13.3. The van der Waals surface area contributed by atoms with E-state index in [4.69, 9.17) is 0 Å². The van der Waals surface area contributed by atoms with Gasteiger partial charge in [0.2, 0.25) is 0 Å². The molecule has 0 amide bonds. The van der Waals surface area contributed by atoms with Crippen LogP contribution in [0.3, 0.4) is 0 Å². The van der Waals surface area contributed by atoms with E-state index < -0.39 is 0 Å². The summed E-state index contributed by atoms with van der Waals surface area (Å²) < 4.78 is 0. The predicted octanol–water partition coefficient (Wildman–Crippen LogP) is 7.65. The van der Waals surface area contributed by atoms with Crippen molar-refractivity contribution in [3.63, 3.8) is 0 Å².